The van der Waals surface area contributed by atoms with Crippen molar-refractivity contribution in [2.75, 3.05) is 26.6 Å². The van der Waals surface area contributed by atoms with E-state index in [-0.39, 0.29) is 17.2 Å². The highest BCUT2D eigenvalue weighted by atomic mass is 31.2. The molecule has 0 aromatic heterocycles. The summed E-state index contributed by atoms with van der Waals surface area (Å²) in [5.74, 6) is 0.943. The van der Waals surface area contributed by atoms with Crippen LogP contribution in [0.3, 0.4) is 0 Å². The van der Waals surface area contributed by atoms with Crippen LogP contribution in [0.4, 0.5) is 10.5 Å². The van der Waals surface area contributed by atoms with Crippen LogP contribution in [0.5, 0.6) is 17.2 Å². The summed E-state index contributed by atoms with van der Waals surface area (Å²) in [6.45, 7) is 0. The summed E-state index contributed by atoms with van der Waals surface area (Å²) in [7, 11) is -0.362. The van der Waals surface area contributed by atoms with E-state index in [0.29, 0.717) is 5.75 Å². The average Bonchev–Trinajstić information content (AvgIpc) is 2.44. The molecule has 2 amide bonds. The van der Waals surface area contributed by atoms with E-state index in [4.69, 9.17) is 24.0 Å². The summed E-state index contributed by atoms with van der Waals surface area (Å²) >= 11 is 0. The van der Waals surface area contributed by atoms with Crippen molar-refractivity contribution in [3.05, 3.63) is 12.1 Å². The molecular formula is C10H16N3O7P. The normalized spacial score (nSPS) is 10.7. The van der Waals surface area contributed by atoms with E-state index < -0.39 is 13.8 Å². The van der Waals surface area contributed by atoms with E-state index in [1.165, 1.54) is 38.7 Å². The first-order valence-electron chi connectivity index (χ1n) is 5.50. The third kappa shape index (κ3) is 5.12. The van der Waals surface area contributed by atoms with Crippen LogP contribution in [0.2, 0.25) is 0 Å². The number of benzene rings is 1. The van der Waals surface area contributed by atoms with Gasteiger partial charge in [0.15, 0.2) is 0 Å². The molecule has 0 heterocycles. The minimum absolute atomic E-state index is 0.172. The lowest BCUT2D eigenvalue weighted by Gasteiger charge is -2.16. The Morgan fingerprint density at radius 3 is 2.00 bits per heavy atom. The predicted octanol–water partition coefficient (Wildman–Crippen LogP) is 0.431. The fourth-order valence-corrected chi connectivity index (χ4v) is 1.64. The van der Waals surface area contributed by atoms with E-state index >= 15 is 0 Å². The summed E-state index contributed by atoms with van der Waals surface area (Å²) in [5.41, 5.74) is 1.97. The van der Waals surface area contributed by atoms with Gasteiger partial charge in [0.25, 0.3) is 0 Å². The predicted molar refractivity (Wildman–Crippen MR) is 73.4 cm³/mol. The highest BCUT2D eigenvalue weighted by Gasteiger charge is 2.18. The van der Waals surface area contributed by atoms with Gasteiger partial charge in [-0.25, -0.2) is 9.36 Å². The van der Waals surface area contributed by atoms with E-state index in [1.807, 2.05) is 0 Å². The van der Waals surface area contributed by atoms with E-state index in [9.17, 15) is 9.36 Å². The quantitative estimate of drug-likeness (QED) is 0.375. The van der Waals surface area contributed by atoms with Crippen LogP contribution < -0.4 is 30.1 Å². The van der Waals surface area contributed by atoms with Crippen molar-refractivity contribution in [1.82, 2.24) is 10.6 Å². The van der Waals surface area contributed by atoms with Crippen LogP contribution >= 0.6 is 7.75 Å². The maximum Gasteiger partial charge on any atom is 0.418 e. The molecule has 0 aliphatic carbocycles. The van der Waals surface area contributed by atoms with Gasteiger partial charge in [0.2, 0.25) is 0 Å². The van der Waals surface area contributed by atoms with Gasteiger partial charge in [-0.3, -0.25) is 5.43 Å². The van der Waals surface area contributed by atoms with Gasteiger partial charge in [0, 0.05) is 12.1 Å². The number of nitrogens with one attached hydrogen (secondary N) is 3. The fourth-order valence-electron chi connectivity index (χ4n) is 1.40. The van der Waals surface area contributed by atoms with E-state index in [1.54, 1.807) is 5.43 Å². The van der Waals surface area contributed by atoms with Gasteiger partial charge in [-0.15, -0.1) is 5.20 Å². The number of ether oxygens (including phenoxy) is 3. The molecule has 1 aromatic rings. The van der Waals surface area contributed by atoms with Crippen LogP contribution in [-0.2, 0) is 4.57 Å². The van der Waals surface area contributed by atoms with Gasteiger partial charge >= 0.3 is 13.8 Å². The second-order valence-corrected chi connectivity index (χ2v) is 4.95. The molecule has 1 aromatic carbocycles. The Bertz CT molecular complexity index is 535. The molecule has 0 unspecified atom stereocenters. The summed E-state index contributed by atoms with van der Waals surface area (Å²) < 4.78 is 25.8. The topological polar surface area (TPSA) is 138 Å². The summed E-state index contributed by atoms with van der Waals surface area (Å²) in [6.07, 6.45) is 0. The molecule has 0 aliphatic heterocycles. The number of methoxy groups -OCH3 is 3. The number of anilines is 1. The number of amides is 2. The van der Waals surface area contributed by atoms with Gasteiger partial charge in [0.05, 0.1) is 21.3 Å². The molecule has 0 spiro atoms. The minimum Gasteiger partial charge on any atom is -0.496 e. The van der Waals surface area contributed by atoms with Crippen molar-refractivity contribution in [3.8, 4) is 17.2 Å². The first kappa shape index (κ1) is 17.1. The van der Waals surface area contributed by atoms with Crippen molar-refractivity contribution >= 4 is 19.5 Å². The zero-order valence-electron chi connectivity index (χ0n) is 11.5. The second kappa shape index (κ2) is 7.14. The summed E-state index contributed by atoms with van der Waals surface area (Å²) in [4.78, 5) is 28.8. The fraction of sp³-hybridized carbons (Fsp3) is 0.300. The second-order valence-electron chi connectivity index (χ2n) is 3.64. The molecule has 118 valence electrons. The number of hydrogen-bond acceptors (Lipinski definition) is 5. The average molecular weight is 321 g/mol. The highest BCUT2D eigenvalue weighted by molar-refractivity contribution is 7.49. The molecule has 0 saturated carbocycles. The molecule has 0 atom stereocenters. The van der Waals surface area contributed by atoms with Gasteiger partial charge in [-0.05, 0) is 0 Å². The summed E-state index contributed by atoms with van der Waals surface area (Å²) in [5, 5.41) is 3.88. The molecule has 0 saturated heterocycles. The standard InChI is InChI=1S/C10H16N3O7P/c1-18-6-4-7(19-2)9(8(5-6)20-3)11-10(14)12-13-21(15,16)17/h4-5H,1-3H3,(H2,11,12,14)(H3,13,15,16,17). The molecule has 0 radical (unpaired) electrons. The number of carbonyl (C=O) groups is 1. The SMILES string of the molecule is COc1cc(OC)c(NC(=O)NNP(=O)(O)O)c(OC)c1. The lowest BCUT2D eigenvalue weighted by molar-refractivity contribution is 0.247. The Hall–Kier alpha value is -2.00. The lowest BCUT2D eigenvalue weighted by Crippen LogP contribution is -2.38. The molecule has 1 rings (SSSR count). The molecule has 5 N–H and O–H groups in total. The van der Waals surface area contributed by atoms with Crippen molar-refractivity contribution < 1.29 is 33.4 Å². The van der Waals surface area contributed by atoms with Crippen LogP contribution in [-0.4, -0.2) is 37.1 Å². The number of rotatable bonds is 6. The monoisotopic (exact) mass is 321 g/mol. The third-order valence-corrected chi connectivity index (χ3v) is 2.67. The van der Waals surface area contributed by atoms with Crippen LogP contribution in [0.1, 0.15) is 0 Å². The van der Waals surface area contributed by atoms with Gasteiger partial charge < -0.3 is 29.3 Å². The first-order chi connectivity index (χ1) is 9.80. The number of hydrazine groups is 1. The van der Waals surface area contributed by atoms with Gasteiger partial charge in [-0.1, -0.05) is 0 Å². The van der Waals surface area contributed by atoms with Crippen molar-refractivity contribution in [1.29, 1.82) is 0 Å². The van der Waals surface area contributed by atoms with E-state index in [0.717, 1.165) is 0 Å². The van der Waals surface area contributed by atoms with Crippen LogP contribution in [0.25, 0.3) is 0 Å². The highest BCUT2D eigenvalue weighted by Crippen LogP contribution is 2.38. The maximum atomic E-state index is 11.6. The molecule has 0 aliphatic rings. The Morgan fingerprint density at radius 2 is 1.62 bits per heavy atom. The van der Waals surface area contributed by atoms with Crippen LogP contribution in [0, 0.1) is 0 Å². The Kier molecular flexibility index (Phi) is 5.79. The smallest absolute Gasteiger partial charge is 0.418 e. The van der Waals surface area contributed by atoms with Crippen LogP contribution in [0.15, 0.2) is 12.1 Å². The van der Waals surface area contributed by atoms with E-state index in [2.05, 4.69) is 5.32 Å². The molecule has 10 nitrogen and oxygen atoms in total. The zero-order chi connectivity index (χ0) is 16.0. The Balaban J connectivity index is 2.96. The maximum absolute atomic E-state index is 11.6. The molecule has 0 fully saturated rings. The molecule has 21 heavy (non-hydrogen) atoms. The number of urea groups is 1. The number of hydrogen-bond donors (Lipinski definition) is 5. The first-order valence-corrected chi connectivity index (χ1v) is 7.11. The van der Waals surface area contributed by atoms with Crippen molar-refractivity contribution in [2.45, 2.75) is 0 Å². The van der Waals surface area contributed by atoms with Crippen molar-refractivity contribution in [2.24, 2.45) is 0 Å². The third-order valence-electron chi connectivity index (χ3n) is 2.27. The largest absolute Gasteiger partial charge is 0.496 e. The van der Waals surface area contributed by atoms with Gasteiger partial charge in [0.1, 0.15) is 22.9 Å². The van der Waals surface area contributed by atoms with Crippen molar-refractivity contribution in [3.63, 3.8) is 0 Å². The van der Waals surface area contributed by atoms with Gasteiger partial charge in [-0.2, -0.15) is 0 Å². The lowest BCUT2D eigenvalue weighted by atomic mass is 10.2. The molecular weight excluding hydrogens is 305 g/mol. The summed E-state index contributed by atoms with van der Waals surface area (Å²) in [6, 6.07) is 2.10. The zero-order valence-corrected chi connectivity index (χ0v) is 12.4. The minimum atomic E-state index is -4.58. The molecule has 0 bridgehead atoms. The Labute approximate surface area is 120 Å². The Morgan fingerprint density at radius 1 is 1.10 bits per heavy atom. The number of carbonyl (C=O) groups excluding carboxylic acids is 1. The molecule has 11 heteroatoms.